The summed E-state index contributed by atoms with van der Waals surface area (Å²) in [6.45, 7) is 6.28. The fraction of sp³-hybridized carbons (Fsp3) is 0.296. The molecule has 2 heterocycles. The Bertz CT molecular complexity index is 1390. The van der Waals surface area contributed by atoms with Crippen molar-refractivity contribution < 1.29 is 27.4 Å². The molecule has 12 heteroatoms. The van der Waals surface area contributed by atoms with Gasteiger partial charge >= 0.3 is 12.3 Å². The van der Waals surface area contributed by atoms with E-state index >= 15 is 0 Å². The fourth-order valence-corrected chi connectivity index (χ4v) is 3.91. The van der Waals surface area contributed by atoms with Crippen LogP contribution >= 0.6 is 11.6 Å². The number of amides is 1. The number of benzene rings is 2. The van der Waals surface area contributed by atoms with E-state index in [-0.39, 0.29) is 23.1 Å². The highest BCUT2D eigenvalue weighted by atomic mass is 35.5. The van der Waals surface area contributed by atoms with Crippen LogP contribution in [0.3, 0.4) is 0 Å². The van der Waals surface area contributed by atoms with Gasteiger partial charge in [-0.15, -0.1) is 0 Å². The molecule has 0 aliphatic carbocycles. The predicted molar refractivity (Wildman–Crippen MR) is 144 cm³/mol. The van der Waals surface area contributed by atoms with Crippen LogP contribution in [-0.2, 0) is 10.9 Å². The number of ether oxygens (including phenoxy) is 2. The first kappa shape index (κ1) is 28.0. The van der Waals surface area contributed by atoms with Crippen molar-refractivity contribution in [2.45, 2.75) is 39.0 Å². The van der Waals surface area contributed by atoms with Crippen LogP contribution in [0.25, 0.3) is 6.08 Å². The monoisotopic (exact) mass is 561 g/mol. The number of halogens is 4. The quantitative estimate of drug-likeness (QED) is 0.288. The van der Waals surface area contributed by atoms with Gasteiger partial charge in [0.2, 0.25) is 0 Å². The minimum atomic E-state index is -4.48. The van der Waals surface area contributed by atoms with Gasteiger partial charge in [0, 0.05) is 18.8 Å². The van der Waals surface area contributed by atoms with E-state index in [1.165, 1.54) is 18.5 Å². The van der Waals surface area contributed by atoms with E-state index in [4.69, 9.17) is 21.1 Å². The van der Waals surface area contributed by atoms with Crippen molar-refractivity contribution in [3.05, 3.63) is 70.5 Å². The van der Waals surface area contributed by atoms with Crippen molar-refractivity contribution in [2.75, 3.05) is 23.7 Å². The second kappa shape index (κ2) is 11.4. The van der Waals surface area contributed by atoms with Gasteiger partial charge in [-0.1, -0.05) is 17.7 Å². The number of alkyl carbamates (subject to hydrolysis) is 1. The minimum Gasteiger partial charge on any atom is -0.456 e. The number of alkyl halides is 3. The molecule has 3 aromatic rings. The van der Waals surface area contributed by atoms with E-state index in [2.05, 4.69) is 25.9 Å². The summed E-state index contributed by atoms with van der Waals surface area (Å²) >= 11 is 6.39. The summed E-state index contributed by atoms with van der Waals surface area (Å²) in [6.07, 6.45) is -1.01. The van der Waals surface area contributed by atoms with Gasteiger partial charge in [0.15, 0.2) is 0 Å². The summed E-state index contributed by atoms with van der Waals surface area (Å²) in [5.74, 6) is 1.32. The lowest BCUT2D eigenvalue weighted by atomic mass is 10.1. The Morgan fingerprint density at radius 3 is 2.64 bits per heavy atom. The molecule has 0 saturated carbocycles. The maximum absolute atomic E-state index is 13.0. The largest absolute Gasteiger partial charge is 0.456 e. The maximum Gasteiger partial charge on any atom is 0.416 e. The molecule has 3 N–H and O–H groups in total. The number of fused-ring (bicyclic) bond motifs is 1. The molecule has 1 aromatic heterocycles. The third-order valence-corrected chi connectivity index (χ3v) is 5.71. The Morgan fingerprint density at radius 1 is 1.13 bits per heavy atom. The van der Waals surface area contributed by atoms with Crippen LogP contribution in [0, 0.1) is 0 Å². The Kier molecular flexibility index (Phi) is 8.19. The van der Waals surface area contributed by atoms with Crippen molar-refractivity contribution in [3.8, 4) is 11.5 Å². The summed E-state index contributed by atoms with van der Waals surface area (Å²) in [6, 6.07) is 9.36. The summed E-state index contributed by atoms with van der Waals surface area (Å²) in [5, 5.41) is 9.42. The van der Waals surface area contributed by atoms with Gasteiger partial charge in [0.25, 0.3) is 0 Å². The van der Waals surface area contributed by atoms with Crippen LogP contribution in [0.4, 0.5) is 35.3 Å². The molecule has 0 fully saturated rings. The highest BCUT2D eigenvalue weighted by Gasteiger charge is 2.30. The molecule has 0 radical (unpaired) electrons. The van der Waals surface area contributed by atoms with Gasteiger partial charge in [0.05, 0.1) is 16.1 Å². The number of anilines is 3. The highest BCUT2D eigenvalue weighted by molar-refractivity contribution is 6.32. The van der Waals surface area contributed by atoms with Gasteiger partial charge in [0.1, 0.15) is 35.1 Å². The van der Waals surface area contributed by atoms with Crippen molar-refractivity contribution in [2.24, 2.45) is 0 Å². The molecule has 1 amide bonds. The number of nitrogens with zero attached hydrogens (tertiary/aromatic N) is 2. The second-order valence-electron chi connectivity index (χ2n) is 9.72. The van der Waals surface area contributed by atoms with E-state index < -0.39 is 23.4 Å². The zero-order valence-corrected chi connectivity index (χ0v) is 22.2. The van der Waals surface area contributed by atoms with Crippen molar-refractivity contribution in [1.29, 1.82) is 0 Å². The smallest absolute Gasteiger partial charge is 0.416 e. The molecule has 1 aliphatic heterocycles. The van der Waals surface area contributed by atoms with Crippen LogP contribution < -0.4 is 20.7 Å². The topological polar surface area (TPSA) is 97.4 Å². The SMILES string of the molecule is CC(C)(C)OC(=O)NCC1=Cc2c(ncnc2Nc2ccc(Oc3cccc(C(F)(F)F)c3)c(Cl)c2)NCC1. The Morgan fingerprint density at radius 2 is 1.92 bits per heavy atom. The summed E-state index contributed by atoms with van der Waals surface area (Å²) in [5.41, 5.74) is 0.782. The molecule has 0 unspecified atom stereocenters. The van der Waals surface area contributed by atoms with Crippen molar-refractivity contribution in [1.82, 2.24) is 15.3 Å². The summed E-state index contributed by atoms with van der Waals surface area (Å²) < 4.78 is 50.0. The molecular weight excluding hydrogens is 535 g/mol. The Balaban J connectivity index is 1.50. The Hall–Kier alpha value is -3.99. The van der Waals surface area contributed by atoms with Gasteiger partial charge in [-0.05, 0) is 75.2 Å². The van der Waals surface area contributed by atoms with E-state index in [9.17, 15) is 18.0 Å². The fourth-order valence-electron chi connectivity index (χ4n) is 3.69. The predicted octanol–water partition coefficient (Wildman–Crippen LogP) is 7.41. The van der Waals surface area contributed by atoms with Gasteiger partial charge in [-0.2, -0.15) is 13.2 Å². The zero-order chi connectivity index (χ0) is 28.2. The molecule has 4 rings (SSSR count). The van der Waals surface area contributed by atoms with E-state index in [1.807, 2.05) is 6.08 Å². The number of rotatable bonds is 6. The average molecular weight is 562 g/mol. The molecule has 0 bridgehead atoms. The van der Waals surface area contributed by atoms with Crippen LogP contribution in [0.1, 0.15) is 38.3 Å². The molecule has 0 saturated heterocycles. The lowest BCUT2D eigenvalue weighted by Crippen LogP contribution is -2.33. The lowest BCUT2D eigenvalue weighted by molar-refractivity contribution is -0.137. The third-order valence-electron chi connectivity index (χ3n) is 5.41. The standard InChI is InChI=1S/C27H27ClF3N5O3/c1-26(2,3)39-25(37)33-14-16-9-10-32-23-20(11-16)24(35-15-34-23)36-18-7-8-22(21(28)13-18)38-19-6-4-5-17(12-19)27(29,30)31/h4-8,11-13,15H,9-10,14H2,1-3H3,(H,33,37)(H2,32,34,35,36). The molecule has 0 spiro atoms. The minimum absolute atomic E-state index is 0.0114. The van der Waals surface area contributed by atoms with Gasteiger partial charge < -0.3 is 25.4 Å². The van der Waals surface area contributed by atoms with Crippen LogP contribution in [0.5, 0.6) is 11.5 Å². The Labute approximate surface area is 228 Å². The number of hydrogen-bond donors (Lipinski definition) is 3. The molecular formula is C27H27ClF3N5O3. The van der Waals surface area contributed by atoms with E-state index in [1.54, 1.807) is 39.0 Å². The first-order chi connectivity index (χ1) is 18.4. The number of hydrogen-bond acceptors (Lipinski definition) is 7. The number of carbonyl (C=O) groups is 1. The van der Waals surface area contributed by atoms with Crippen LogP contribution in [0.15, 0.2) is 54.4 Å². The molecule has 1 aliphatic rings. The first-order valence-electron chi connectivity index (χ1n) is 12.0. The van der Waals surface area contributed by atoms with Crippen LogP contribution in [-0.4, -0.2) is 34.8 Å². The number of nitrogens with one attached hydrogen (secondary N) is 3. The zero-order valence-electron chi connectivity index (χ0n) is 21.4. The average Bonchev–Trinajstić information content (AvgIpc) is 3.06. The molecule has 8 nitrogen and oxygen atoms in total. The highest BCUT2D eigenvalue weighted by Crippen LogP contribution is 2.36. The van der Waals surface area contributed by atoms with E-state index in [0.29, 0.717) is 35.9 Å². The number of aromatic nitrogens is 2. The molecule has 0 atom stereocenters. The van der Waals surface area contributed by atoms with Gasteiger partial charge in [-0.25, -0.2) is 14.8 Å². The molecule has 206 valence electrons. The summed E-state index contributed by atoms with van der Waals surface area (Å²) in [4.78, 5) is 20.8. The third kappa shape index (κ3) is 7.76. The molecule has 39 heavy (non-hydrogen) atoms. The number of carbonyl (C=O) groups excluding carboxylic acids is 1. The molecule has 2 aromatic carbocycles. The first-order valence-corrected chi connectivity index (χ1v) is 12.4. The van der Waals surface area contributed by atoms with Crippen molar-refractivity contribution >= 4 is 41.1 Å². The van der Waals surface area contributed by atoms with Crippen molar-refractivity contribution in [3.63, 3.8) is 0 Å². The van der Waals surface area contributed by atoms with Gasteiger partial charge in [-0.3, -0.25) is 0 Å². The lowest BCUT2D eigenvalue weighted by Gasteiger charge is -2.20. The van der Waals surface area contributed by atoms with E-state index in [0.717, 1.165) is 17.7 Å². The van der Waals surface area contributed by atoms with Crippen LogP contribution in [0.2, 0.25) is 5.02 Å². The summed E-state index contributed by atoms with van der Waals surface area (Å²) in [7, 11) is 0. The maximum atomic E-state index is 13.0. The normalized spacial score (nSPS) is 13.4. The second-order valence-corrected chi connectivity index (χ2v) is 10.1.